The lowest BCUT2D eigenvalue weighted by Gasteiger charge is -2.16. The van der Waals surface area contributed by atoms with Gasteiger partial charge in [-0.15, -0.1) is 0 Å². The fourth-order valence-corrected chi connectivity index (χ4v) is 3.49. The highest BCUT2D eigenvalue weighted by molar-refractivity contribution is 9.10. The summed E-state index contributed by atoms with van der Waals surface area (Å²) in [6, 6.07) is 12.8. The van der Waals surface area contributed by atoms with Gasteiger partial charge in [0.15, 0.2) is 17.5 Å². The van der Waals surface area contributed by atoms with Gasteiger partial charge in [0.25, 0.3) is 0 Å². The van der Waals surface area contributed by atoms with Crippen molar-refractivity contribution in [2.45, 2.75) is 24.9 Å². The van der Waals surface area contributed by atoms with E-state index in [2.05, 4.69) is 55.8 Å². The van der Waals surface area contributed by atoms with E-state index in [4.69, 9.17) is 14.2 Å². The molecule has 0 bridgehead atoms. The van der Waals surface area contributed by atoms with E-state index in [0.29, 0.717) is 35.8 Å². The standard InChI is InChI=1S/C21H26BrN3O3/c1-23-21(25-17-11-16(17)14-5-7-15(22)8-6-14)24-12-13-9-18(26-2)20(28-4)19(10-13)27-3/h5-10,16-17H,11-12H2,1-4H3,(H2,23,24,25). The second-order valence-electron chi connectivity index (χ2n) is 6.60. The van der Waals surface area contributed by atoms with E-state index in [-0.39, 0.29) is 0 Å². The zero-order chi connectivity index (χ0) is 20.1. The lowest BCUT2D eigenvalue weighted by atomic mass is 10.1. The van der Waals surface area contributed by atoms with Crippen molar-refractivity contribution in [2.24, 2.45) is 4.99 Å². The first-order valence-electron chi connectivity index (χ1n) is 9.11. The Labute approximate surface area is 174 Å². The predicted molar refractivity (Wildman–Crippen MR) is 115 cm³/mol. The van der Waals surface area contributed by atoms with Gasteiger partial charge in [-0.05, 0) is 41.8 Å². The average molecular weight is 448 g/mol. The molecule has 1 aliphatic rings. The van der Waals surface area contributed by atoms with Gasteiger partial charge in [-0.2, -0.15) is 0 Å². The van der Waals surface area contributed by atoms with Crippen LogP contribution >= 0.6 is 15.9 Å². The maximum absolute atomic E-state index is 5.42. The predicted octanol–water partition coefficient (Wildman–Crippen LogP) is 3.70. The molecular formula is C21H26BrN3O3. The first-order chi connectivity index (χ1) is 13.6. The number of halogens is 1. The highest BCUT2D eigenvalue weighted by Crippen LogP contribution is 2.41. The van der Waals surface area contributed by atoms with Crippen LogP contribution in [0.25, 0.3) is 0 Å². The average Bonchev–Trinajstić information content (AvgIpc) is 3.49. The summed E-state index contributed by atoms with van der Waals surface area (Å²) < 4.78 is 17.3. The number of guanidine groups is 1. The van der Waals surface area contributed by atoms with Crippen LogP contribution in [-0.2, 0) is 6.54 Å². The lowest BCUT2D eigenvalue weighted by molar-refractivity contribution is 0.323. The summed E-state index contributed by atoms with van der Waals surface area (Å²) in [5.41, 5.74) is 2.36. The molecule has 7 heteroatoms. The number of hydrogen-bond acceptors (Lipinski definition) is 4. The van der Waals surface area contributed by atoms with E-state index < -0.39 is 0 Å². The Morgan fingerprint density at radius 2 is 1.71 bits per heavy atom. The van der Waals surface area contributed by atoms with Crippen LogP contribution in [0.1, 0.15) is 23.5 Å². The number of ether oxygens (including phenoxy) is 3. The van der Waals surface area contributed by atoms with Gasteiger partial charge >= 0.3 is 0 Å². The molecule has 2 aromatic rings. The van der Waals surface area contributed by atoms with E-state index in [1.807, 2.05) is 12.1 Å². The molecule has 2 atom stereocenters. The molecule has 3 rings (SSSR count). The summed E-state index contributed by atoms with van der Waals surface area (Å²) in [6.07, 6.45) is 1.10. The Balaban J connectivity index is 1.60. The summed E-state index contributed by atoms with van der Waals surface area (Å²) in [4.78, 5) is 4.34. The first-order valence-corrected chi connectivity index (χ1v) is 9.90. The van der Waals surface area contributed by atoms with Crippen molar-refractivity contribution >= 4 is 21.9 Å². The molecule has 0 saturated heterocycles. The summed E-state index contributed by atoms with van der Waals surface area (Å²) >= 11 is 3.48. The Morgan fingerprint density at radius 1 is 1.07 bits per heavy atom. The van der Waals surface area contributed by atoms with E-state index in [9.17, 15) is 0 Å². The molecule has 2 N–H and O–H groups in total. The van der Waals surface area contributed by atoms with Crippen molar-refractivity contribution in [3.05, 3.63) is 52.0 Å². The van der Waals surface area contributed by atoms with Crippen molar-refractivity contribution in [1.82, 2.24) is 10.6 Å². The van der Waals surface area contributed by atoms with E-state index in [1.165, 1.54) is 5.56 Å². The van der Waals surface area contributed by atoms with Crippen LogP contribution in [0.2, 0.25) is 0 Å². The van der Waals surface area contributed by atoms with Gasteiger partial charge < -0.3 is 24.8 Å². The van der Waals surface area contributed by atoms with Gasteiger partial charge in [0.05, 0.1) is 21.3 Å². The molecule has 150 valence electrons. The normalized spacial score (nSPS) is 18.4. The fourth-order valence-electron chi connectivity index (χ4n) is 3.23. The third kappa shape index (κ3) is 4.70. The van der Waals surface area contributed by atoms with Gasteiger partial charge in [0.1, 0.15) is 0 Å². The molecule has 0 heterocycles. The number of rotatable bonds is 7. The third-order valence-electron chi connectivity index (χ3n) is 4.82. The Morgan fingerprint density at radius 3 is 2.25 bits per heavy atom. The van der Waals surface area contributed by atoms with Crippen molar-refractivity contribution in [3.63, 3.8) is 0 Å². The minimum absolute atomic E-state index is 0.396. The van der Waals surface area contributed by atoms with Crippen LogP contribution in [0, 0.1) is 0 Å². The Hall–Kier alpha value is -2.41. The number of nitrogens with zero attached hydrogens (tertiary/aromatic N) is 1. The molecule has 0 amide bonds. The van der Waals surface area contributed by atoms with E-state index >= 15 is 0 Å². The molecule has 0 aromatic heterocycles. The summed E-state index contributed by atoms with van der Waals surface area (Å²) in [5.74, 6) is 3.16. The van der Waals surface area contributed by atoms with Crippen LogP contribution in [0.3, 0.4) is 0 Å². The van der Waals surface area contributed by atoms with E-state index in [0.717, 1.165) is 22.4 Å². The van der Waals surface area contributed by atoms with E-state index in [1.54, 1.807) is 28.4 Å². The Kier molecular flexibility index (Phi) is 6.67. The second kappa shape index (κ2) is 9.19. The van der Waals surface area contributed by atoms with Crippen LogP contribution in [-0.4, -0.2) is 40.4 Å². The van der Waals surface area contributed by atoms with Crippen molar-refractivity contribution in [1.29, 1.82) is 0 Å². The smallest absolute Gasteiger partial charge is 0.203 e. The maximum atomic E-state index is 5.42. The highest BCUT2D eigenvalue weighted by Gasteiger charge is 2.38. The minimum atomic E-state index is 0.396. The molecule has 28 heavy (non-hydrogen) atoms. The molecule has 0 spiro atoms. The number of hydrogen-bond donors (Lipinski definition) is 2. The highest BCUT2D eigenvalue weighted by atomic mass is 79.9. The Bertz CT molecular complexity index is 814. The zero-order valence-corrected chi connectivity index (χ0v) is 18.2. The number of nitrogens with one attached hydrogen (secondary N) is 2. The molecule has 0 radical (unpaired) electrons. The van der Waals surface area contributed by atoms with Gasteiger partial charge in [-0.25, -0.2) is 0 Å². The molecule has 1 aliphatic carbocycles. The molecular weight excluding hydrogens is 422 g/mol. The largest absolute Gasteiger partial charge is 0.493 e. The topological polar surface area (TPSA) is 64.1 Å². The summed E-state index contributed by atoms with van der Waals surface area (Å²) in [7, 11) is 6.61. The van der Waals surface area contributed by atoms with Gasteiger partial charge in [-0.1, -0.05) is 28.1 Å². The fraction of sp³-hybridized carbons (Fsp3) is 0.381. The zero-order valence-electron chi connectivity index (χ0n) is 16.6. The molecule has 1 saturated carbocycles. The number of methoxy groups -OCH3 is 3. The van der Waals surface area contributed by atoms with Gasteiger partial charge in [0, 0.05) is 30.0 Å². The number of aliphatic imine (C=N–C) groups is 1. The quantitative estimate of drug-likeness (QED) is 0.500. The number of benzene rings is 2. The van der Waals surface area contributed by atoms with Crippen LogP contribution in [0.15, 0.2) is 45.9 Å². The van der Waals surface area contributed by atoms with Crippen molar-refractivity contribution in [2.75, 3.05) is 28.4 Å². The molecule has 6 nitrogen and oxygen atoms in total. The summed E-state index contributed by atoms with van der Waals surface area (Å²) in [5, 5.41) is 6.85. The van der Waals surface area contributed by atoms with Crippen LogP contribution in [0.4, 0.5) is 0 Å². The van der Waals surface area contributed by atoms with Crippen LogP contribution in [0.5, 0.6) is 17.2 Å². The molecule has 2 aromatic carbocycles. The SMILES string of the molecule is CN=C(NCc1cc(OC)c(OC)c(OC)c1)NC1CC1c1ccc(Br)cc1. The first kappa shape index (κ1) is 20.3. The molecule has 0 aliphatic heterocycles. The monoisotopic (exact) mass is 447 g/mol. The molecule has 1 fully saturated rings. The third-order valence-corrected chi connectivity index (χ3v) is 5.35. The molecule has 2 unspecified atom stereocenters. The summed E-state index contributed by atoms with van der Waals surface area (Å²) in [6.45, 7) is 0.589. The van der Waals surface area contributed by atoms with Gasteiger partial charge in [-0.3, -0.25) is 4.99 Å². The minimum Gasteiger partial charge on any atom is -0.493 e. The second-order valence-corrected chi connectivity index (χ2v) is 7.52. The van der Waals surface area contributed by atoms with Gasteiger partial charge in [0.2, 0.25) is 5.75 Å². The maximum Gasteiger partial charge on any atom is 0.203 e. The van der Waals surface area contributed by atoms with Crippen molar-refractivity contribution in [3.8, 4) is 17.2 Å². The van der Waals surface area contributed by atoms with Crippen LogP contribution < -0.4 is 24.8 Å². The van der Waals surface area contributed by atoms with Crippen molar-refractivity contribution < 1.29 is 14.2 Å². The lowest BCUT2D eigenvalue weighted by Crippen LogP contribution is -2.38.